The quantitative estimate of drug-likeness (QED) is 0.872. The van der Waals surface area contributed by atoms with E-state index in [9.17, 15) is 0 Å². The van der Waals surface area contributed by atoms with Gasteiger partial charge in [0.15, 0.2) is 0 Å². The van der Waals surface area contributed by atoms with Crippen LogP contribution in [0, 0.1) is 0 Å². The molecule has 0 radical (unpaired) electrons. The fourth-order valence-electron chi connectivity index (χ4n) is 2.42. The SMILES string of the molecule is CCCc1csc(CN2CCCC(NC)C2)n1. The predicted molar refractivity (Wildman–Crippen MR) is 73.5 cm³/mol. The van der Waals surface area contributed by atoms with Gasteiger partial charge in [-0.3, -0.25) is 4.90 Å². The Morgan fingerprint density at radius 1 is 1.59 bits per heavy atom. The number of nitrogens with one attached hydrogen (secondary N) is 1. The first-order valence-electron chi connectivity index (χ1n) is 6.64. The van der Waals surface area contributed by atoms with Crippen molar-refractivity contribution < 1.29 is 0 Å². The van der Waals surface area contributed by atoms with E-state index in [0.717, 1.165) is 13.0 Å². The van der Waals surface area contributed by atoms with Gasteiger partial charge < -0.3 is 5.32 Å². The second-order valence-electron chi connectivity index (χ2n) is 4.85. The topological polar surface area (TPSA) is 28.2 Å². The van der Waals surface area contributed by atoms with Crippen LogP contribution >= 0.6 is 11.3 Å². The van der Waals surface area contributed by atoms with Crippen LogP contribution in [0.25, 0.3) is 0 Å². The maximum Gasteiger partial charge on any atom is 0.107 e. The van der Waals surface area contributed by atoms with E-state index in [0.29, 0.717) is 6.04 Å². The van der Waals surface area contributed by atoms with Crippen LogP contribution in [0.3, 0.4) is 0 Å². The number of aromatic nitrogens is 1. The average molecular weight is 253 g/mol. The van der Waals surface area contributed by atoms with Crippen molar-refractivity contribution in [2.75, 3.05) is 20.1 Å². The Bertz CT molecular complexity index is 337. The molecule has 1 aliphatic rings. The summed E-state index contributed by atoms with van der Waals surface area (Å²) in [5.74, 6) is 0. The highest BCUT2D eigenvalue weighted by Gasteiger charge is 2.19. The van der Waals surface area contributed by atoms with Crippen LogP contribution < -0.4 is 5.32 Å². The minimum atomic E-state index is 0.666. The zero-order valence-corrected chi connectivity index (χ0v) is 11.7. The summed E-state index contributed by atoms with van der Waals surface area (Å²) < 4.78 is 0. The molecule has 0 aromatic carbocycles. The maximum absolute atomic E-state index is 4.70. The Morgan fingerprint density at radius 2 is 2.47 bits per heavy atom. The van der Waals surface area contributed by atoms with E-state index in [1.807, 2.05) is 11.3 Å². The van der Waals surface area contributed by atoms with Gasteiger partial charge in [0, 0.05) is 18.0 Å². The summed E-state index contributed by atoms with van der Waals surface area (Å²) in [6.07, 6.45) is 4.93. The van der Waals surface area contributed by atoms with Gasteiger partial charge in [0.1, 0.15) is 5.01 Å². The van der Waals surface area contributed by atoms with Gasteiger partial charge in [-0.05, 0) is 32.9 Å². The lowest BCUT2D eigenvalue weighted by Crippen LogP contribution is -2.43. The largest absolute Gasteiger partial charge is 0.316 e. The molecule has 4 heteroatoms. The molecule has 0 spiro atoms. The number of thiazole rings is 1. The molecule has 0 aliphatic carbocycles. The van der Waals surface area contributed by atoms with E-state index in [-0.39, 0.29) is 0 Å². The van der Waals surface area contributed by atoms with Crippen LogP contribution in [0.5, 0.6) is 0 Å². The lowest BCUT2D eigenvalue weighted by atomic mass is 10.1. The van der Waals surface area contributed by atoms with Crippen LogP contribution in [0.4, 0.5) is 0 Å². The van der Waals surface area contributed by atoms with Crippen LogP contribution in [-0.2, 0) is 13.0 Å². The zero-order valence-electron chi connectivity index (χ0n) is 10.9. The van der Waals surface area contributed by atoms with Gasteiger partial charge in [-0.25, -0.2) is 4.98 Å². The first kappa shape index (κ1) is 13.0. The molecule has 1 aromatic rings. The van der Waals surface area contributed by atoms with Crippen molar-refractivity contribution in [3.05, 3.63) is 16.1 Å². The fraction of sp³-hybridized carbons (Fsp3) is 0.769. The summed E-state index contributed by atoms with van der Waals surface area (Å²) in [4.78, 5) is 7.23. The van der Waals surface area contributed by atoms with Crippen molar-refractivity contribution in [3.8, 4) is 0 Å². The number of piperidine rings is 1. The summed E-state index contributed by atoms with van der Waals surface area (Å²) in [6.45, 7) is 5.63. The molecule has 0 saturated carbocycles. The third kappa shape index (κ3) is 3.76. The van der Waals surface area contributed by atoms with Gasteiger partial charge in [-0.2, -0.15) is 0 Å². The molecule has 1 N–H and O–H groups in total. The summed E-state index contributed by atoms with van der Waals surface area (Å²) in [6, 6.07) is 0.666. The Balaban J connectivity index is 1.86. The highest BCUT2D eigenvalue weighted by atomic mass is 32.1. The second-order valence-corrected chi connectivity index (χ2v) is 5.79. The van der Waals surface area contributed by atoms with Crippen LogP contribution in [0.1, 0.15) is 36.9 Å². The Morgan fingerprint density at radius 3 is 3.24 bits per heavy atom. The lowest BCUT2D eigenvalue weighted by Gasteiger charge is -2.31. The third-order valence-corrected chi connectivity index (χ3v) is 4.26. The molecule has 3 nitrogen and oxygen atoms in total. The lowest BCUT2D eigenvalue weighted by molar-refractivity contribution is 0.187. The van der Waals surface area contributed by atoms with E-state index < -0.39 is 0 Å². The summed E-state index contributed by atoms with van der Waals surface area (Å²) in [5.41, 5.74) is 1.27. The average Bonchev–Trinajstić information content (AvgIpc) is 2.77. The molecule has 1 fully saturated rings. The zero-order chi connectivity index (χ0) is 12.1. The highest BCUT2D eigenvalue weighted by molar-refractivity contribution is 7.09. The van der Waals surface area contributed by atoms with Crippen LogP contribution in [-0.4, -0.2) is 36.1 Å². The monoisotopic (exact) mass is 253 g/mol. The molecule has 1 aliphatic heterocycles. The molecule has 1 aromatic heterocycles. The molecule has 2 heterocycles. The molecule has 96 valence electrons. The number of likely N-dealkylation sites (N-methyl/N-ethyl adjacent to an activating group) is 1. The van der Waals surface area contributed by atoms with Gasteiger partial charge in [0.05, 0.1) is 12.2 Å². The minimum Gasteiger partial charge on any atom is -0.316 e. The minimum absolute atomic E-state index is 0.666. The Kier molecular flexibility index (Phi) is 4.95. The standard InChI is InChI=1S/C13H23N3S/c1-3-5-12-10-17-13(15-12)9-16-7-4-6-11(8-16)14-2/h10-11,14H,3-9H2,1-2H3. The molecule has 1 unspecified atom stereocenters. The first-order valence-corrected chi connectivity index (χ1v) is 7.52. The van der Waals surface area contributed by atoms with Crippen molar-refractivity contribution in [1.29, 1.82) is 0 Å². The van der Waals surface area contributed by atoms with Gasteiger partial charge in [-0.1, -0.05) is 13.3 Å². The Hall–Kier alpha value is -0.450. The second kappa shape index (κ2) is 6.47. The van der Waals surface area contributed by atoms with Crippen LogP contribution in [0.15, 0.2) is 5.38 Å². The number of aryl methyl sites for hydroxylation is 1. The number of likely N-dealkylation sites (tertiary alicyclic amines) is 1. The van der Waals surface area contributed by atoms with Gasteiger partial charge in [0.2, 0.25) is 0 Å². The molecule has 17 heavy (non-hydrogen) atoms. The van der Waals surface area contributed by atoms with Gasteiger partial charge in [-0.15, -0.1) is 11.3 Å². The van der Waals surface area contributed by atoms with Crippen molar-refractivity contribution in [3.63, 3.8) is 0 Å². The summed E-state index contributed by atoms with van der Waals surface area (Å²) in [5, 5.41) is 6.89. The van der Waals surface area contributed by atoms with Crippen molar-refractivity contribution in [2.45, 2.75) is 45.2 Å². The molecule has 1 atom stereocenters. The van der Waals surface area contributed by atoms with Gasteiger partial charge in [0.25, 0.3) is 0 Å². The molecule has 2 rings (SSSR count). The Labute approximate surface area is 108 Å². The van der Waals surface area contributed by atoms with E-state index >= 15 is 0 Å². The fourth-order valence-corrected chi connectivity index (χ4v) is 3.29. The van der Waals surface area contributed by atoms with Crippen LogP contribution in [0.2, 0.25) is 0 Å². The number of nitrogens with zero attached hydrogens (tertiary/aromatic N) is 2. The normalized spacial score (nSPS) is 21.9. The smallest absolute Gasteiger partial charge is 0.107 e. The van der Waals surface area contributed by atoms with Crippen molar-refractivity contribution in [1.82, 2.24) is 15.2 Å². The number of hydrogen-bond donors (Lipinski definition) is 1. The van der Waals surface area contributed by atoms with Crippen molar-refractivity contribution >= 4 is 11.3 Å². The number of hydrogen-bond acceptors (Lipinski definition) is 4. The first-order chi connectivity index (χ1) is 8.31. The van der Waals surface area contributed by atoms with E-state index in [2.05, 4.69) is 29.6 Å². The number of rotatable bonds is 5. The maximum atomic E-state index is 4.70. The van der Waals surface area contributed by atoms with Crippen molar-refractivity contribution in [2.24, 2.45) is 0 Å². The molecule has 0 amide bonds. The highest BCUT2D eigenvalue weighted by Crippen LogP contribution is 2.17. The molecular weight excluding hydrogens is 230 g/mol. The molecular formula is C13H23N3S. The summed E-state index contributed by atoms with van der Waals surface area (Å²) >= 11 is 1.82. The third-order valence-electron chi connectivity index (χ3n) is 3.38. The van der Waals surface area contributed by atoms with Gasteiger partial charge >= 0.3 is 0 Å². The van der Waals surface area contributed by atoms with E-state index in [1.165, 1.54) is 43.1 Å². The van der Waals surface area contributed by atoms with E-state index in [4.69, 9.17) is 4.98 Å². The molecule has 1 saturated heterocycles. The van der Waals surface area contributed by atoms with E-state index in [1.54, 1.807) is 0 Å². The summed E-state index contributed by atoms with van der Waals surface area (Å²) in [7, 11) is 2.07. The molecule has 0 bridgehead atoms. The predicted octanol–water partition coefficient (Wildman–Crippen LogP) is 2.28.